The van der Waals surface area contributed by atoms with Crippen molar-refractivity contribution in [2.24, 2.45) is 0 Å². The normalized spacial score (nSPS) is 25.4. The van der Waals surface area contributed by atoms with Crippen molar-refractivity contribution < 1.29 is 22.6 Å². The van der Waals surface area contributed by atoms with Crippen molar-refractivity contribution in [3.05, 3.63) is 34.4 Å². The molecule has 0 bridgehead atoms. The lowest BCUT2D eigenvalue weighted by Crippen LogP contribution is -2.56. The monoisotopic (exact) mass is 680 g/mol. The van der Waals surface area contributed by atoms with Crippen molar-refractivity contribution in [3.8, 4) is 29.0 Å². The standard InChI is InChI=1S/C34H32ClF3N6O2S/c1-43-30-23-26(41-31(42-30)45-16-33-8-3-11-44(33)14-17(36)12-33)25(38)22(18-4-5-20(37)28-21(18)19(13-39)29(40)47-28)24(35)27(23)46-34(9-10-34)15-32(43)6-2-7-32/h4-5,17H,2-3,6-12,14-16,40H2,1H3/t17-,33+/m1/s1. The van der Waals surface area contributed by atoms with Crippen LogP contribution in [0.2, 0.25) is 5.02 Å². The molecule has 2 saturated carbocycles. The highest BCUT2D eigenvalue weighted by Crippen LogP contribution is 2.59. The number of rotatable bonds is 4. The predicted octanol–water partition coefficient (Wildman–Crippen LogP) is 7.53. The number of nitriles is 1. The van der Waals surface area contributed by atoms with E-state index in [1.807, 2.05) is 7.05 Å². The number of alkyl halides is 1. The molecule has 2 saturated heterocycles. The van der Waals surface area contributed by atoms with Gasteiger partial charge in [-0.05, 0) is 63.1 Å². The summed E-state index contributed by atoms with van der Waals surface area (Å²) in [4.78, 5) is 13.8. The molecular weight excluding hydrogens is 649 g/mol. The van der Waals surface area contributed by atoms with Crippen LogP contribution in [0.5, 0.6) is 11.8 Å². The van der Waals surface area contributed by atoms with Crippen LogP contribution in [0.1, 0.15) is 63.4 Å². The van der Waals surface area contributed by atoms with Gasteiger partial charge >= 0.3 is 6.01 Å². The average molecular weight is 681 g/mol. The fraction of sp³-hybridized carbons (Fsp3) is 0.500. The highest BCUT2D eigenvalue weighted by molar-refractivity contribution is 7.23. The third kappa shape index (κ3) is 4.15. The molecule has 2 aliphatic carbocycles. The smallest absolute Gasteiger partial charge is 0.319 e. The Kier molecular flexibility index (Phi) is 6.30. The summed E-state index contributed by atoms with van der Waals surface area (Å²) in [7, 11) is 1.98. The average Bonchev–Trinajstić information content (AvgIpc) is 3.37. The maximum Gasteiger partial charge on any atom is 0.319 e. The number of hydrogen-bond acceptors (Lipinski definition) is 9. The van der Waals surface area contributed by atoms with E-state index in [1.165, 1.54) is 12.1 Å². The summed E-state index contributed by atoms with van der Waals surface area (Å²) in [5, 5.41) is 10.6. The Hall–Kier alpha value is -3.53. The van der Waals surface area contributed by atoms with Crippen LogP contribution >= 0.6 is 22.9 Å². The van der Waals surface area contributed by atoms with Crippen molar-refractivity contribution >= 4 is 54.7 Å². The SMILES string of the molecule is CN1c2nc(OC[C@@]34CCCN3C[C@H](F)C4)nc3c(F)c(-c4ccc(F)c5sc(N)c(C#N)c45)c(Cl)c(c23)OC2(CC2)CC12CCC2. The quantitative estimate of drug-likeness (QED) is 0.236. The zero-order valence-corrected chi connectivity index (χ0v) is 27.3. The minimum Gasteiger partial charge on any atom is -0.485 e. The highest BCUT2D eigenvalue weighted by Gasteiger charge is 2.57. The van der Waals surface area contributed by atoms with Crippen molar-refractivity contribution in [2.75, 3.05) is 37.4 Å². The third-order valence-electron chi connectivity index (χ3n) is 11.5. The van der Waals surface area contributed by atoms with Gasteiger partial charge in [0.2, 0.25) is 0 Å². The second-order valence-corrected chi connectivity index (χ2v) is 15.5. The number of nitrogen functional groups attached to an aromatic ring is 1. The van der Waals surface area contributed by atoms with E-state index in [0.717, 1.165) is 69.2 Å². The second-order valence-electron chi connectivity index (χ2n) is 14.1. The van der Waals surface area contributed by atoms with E-state index in [1.54, 1.807) is 0 Å². The van der Waals surface area contributed by atoms with Crippen LogP contribution in [0.4, 0.5) is 24.0 Å². The number of fused-ring (bicyclic) bond motifs is 2. The molecule has 2 aromatic heterocycles. The van der Waals surface area contributed by atoms with E-state index in [2.05, 4.69) is 20.9 Å². The molecule has 244 valence electrons. The van der Waals surface area contributed by atoms with Crippen LogP contribution in [-0.4, -0.2) is 64.5 Å². The Balaban J connectivity index is 1.29. The Morgan fingerprint density at radius 3 is 2.70 bits per heavy atom. The van der Waals surface area contributed by atoms with Gasteiger partial charge in [0, 0.05) is 42.9 Å². The lowest BCUT2D eigenvalue weighted by atomic mass is 9.71. The lowest BCUT2D eigenvalue weighted by Gasteiger charge is -2.52. The molecule has 9 rings (SSSR count). The molecule has 2 atom stereocenters. The maximum absolute atomic E-state index is 17.3. The van der Waals surface area contributed by atoms with Crippen LogP contribution in [0.25, 0.3) is 32.1 Å². The Labute approximate surface area is 278 Å². The van der Waals surface area contributed by atoms with Gasteiger partial charge < -0.3 is 20.1 Å². The summed E-state index contributed by atoms with van der Waals surface area (Å²) in [6.07, 6.45) is 6.58. The Morgan fingerprint density at radius 2 is 1.98 bits per heavy atom. The largest absolute Gasteiger partial charge is 0.485 e. The highest BCUT2D eigenvalue weighted by atomic mass is 35.5. The van der Waals surface area contributed by atoms with Crippen LogP contribution in [-0.2, 0) is 0 Å². The first kappa shape index (κ1) is 29.6. The van der Waals surface area contributed by atoms with Gasteiger partial charge in [-0.1, -0.05) is 17.7 Å². The van der Waals surface area contributed by atoms with E-state index in [0.29, 0.717) is 24.2 Å². The van der Waals surface area contributed by atoms with Gasteiger partial charge in [0.15, 0.2) is 11.6 Å². The van der Waals surface area contributed by atoms with Crippen molar-refractivity contribution in [1.82, 2.24) is 14.9 Å². The molecule has 4 aromatic rings. The summed E-state index contributed by atoms with van der Waals surface area (Å²) >= 11 is 8.10. The topological polar surface area (TPSA) is 101 Å². The van der Waals surface area contributed by atoms with Gasteiger partial charge in [0.25, 0.3) is 0 Å². The number of aromatic nitrogens is 2. The molecule has 0 radical (unpaired) electrons. The summed E-state index contributed by atoms with van der Waals surface area (Å²) in [5.41, 5.74) is 5.16. The Morgan fingerprint density at radius 1 is 1.17 bits per heavy atom. The van der Waals surface area contributed by atoms with Gasteiger partial charge in [-0.2, -0.15) is 15.2 Å². The van der Waals surface area contributed by atoms with Gasteiger partial charge in [-0.25, -0.2) is 13.2 Å². The van der Waals surface area contributed by atoms with E-state index in [-0.39, 0.29) is 66.2 Å². The Bertz CT molecular complexity index is 2060. The zero-order valence-electron chi connectivity index (χ0n) is 25.8. The molecule has 0 amide bonds. The van der Waals surface area contributed by atoms with E-state index in [4.69, 9.17) is 31.8 Å². The number of nitrogens with zero attached hydrogens (tertiary/aromatic N) is 5. The number of nitrogens with two attached hydrogens (primary N) is 1. The molecule has 3 aliphatic heterocycles. The van der Waals surface area contributed by atoms with Gasteiger partial charge in [-0.15, -0.1) is 11.3 Å². The van der Waals surface area contributed by atoms with Crippen LogP contribution in [0, 0.1) is 23.0 Å². The minimum absolute atomic E-state index is 0.000230. The van der Waals surface area contributed by atoms with Crippen molar-refractivity contribution in [1.29, 1.82) is 5.26 Å². The molecule has 4 fully saturated rings. The molecule has 5 heterocycles. The van der Waals surface area contributed by atoms with E-state index < -0.39 is 28.9 Å². The first-order chi connectivity index (χ1) is 22.6. The van der Waals surface area contributed by atoms with Gasteiger partial charge in [-0.3, -0.25) is 4.90 Å². The molecule has 2 N–H and O–H groups in total. The number of benzene rings is 2. The summed E-state index contributed by atoms with van der Waals surface area (Å²) in [5.74, 6) is -0.620. The molecule has 13 heteroatoms. The lowest BCUT2D eigenvalue weighted by molar-refractivity contribution is 0.0924. The molecule has 5 aliphatic rings. The zero-order chi connectivity index (χ0) is 32.5. The molecule has 2 aromatic carbocycles. The molecule has 8 nitrogen and oxygen atoms in total. The number of anilines is 2. The van der Waals surface area contributed by atoms with Crippen LogP contribution < -0.4 is 20.1 Å². The number of halogens is 4. The number of ether oxygens (including phenoxy) is 2. The van der Waals surface area contributed by atoms with E-state index in [9.17, 15) is 9.65 Å². The fourth-order valence-electron chi connectivity index (χ4n) is 8.74. The second kappa shape index (κ2) is 10.00. The minimum atomic E-state index is -0.928. The third-order valence-corrected chi connectivity index (χ3v) is 12.9. The summed E-state index contributed by atoms with van der Waals surface area (Å²) in [6, 6.07) is 4.69. The molecular formula is C34H32ClF3N6O2S. The molecule has 2 spiro atoms. The molecule has 47 heavy (non-hydrogen) atoms. The number of hydrogen-bond donors (Lipinski definition) is 1. The van der Waals surface area contributed by atoms with Crippen LogP contribution in [0.15, 0.2) is 12.1 Å². The van der Waals surface area contributed by atoms with Gasteiger partial charge in [0.05, 0.1) is 26.2 Å². The van der Waals surface area contributed by atoms with Crippen LogP contribution in [0.3, 0.4) is 0 Å². The number of thiophene rings is 1. The maximum atomic E-state index is 17.3. The first-order valence-corrected chi connectivity index (χ1v) is 17.4. The van der Waals surface area contributed by atoms with E-state index >= 15 is 8.78 Å². The fourth-order valence-corrected chi connectivity index (χ4v) is 10.0. The summed E-state index contributed by atoms with van der Waals surface area (Å²) in [6.45, 7) is 1.36. The predicted molar refractivity (Wildman–Crippen MR) is 175 cm³/mol. The first-order valence-electron chi connectivity index (χ1n) is 16.2. The van der Waals surface area contributed by atoms with Crippen molar-refractivity contribution in [3.63, 3.8) is 0 Å². The summed E-state index contributed by atoms with van der Waals surface area (Å²) < 4.78 is 60.1. The van der Waals surface area contributed by atoms with Crippen molar-refractivity contribution in [2.45, 2.75) is 80.6 Å². The van der Waals surface area contributed by atoms with Gasteiger partial charge in [0.1, 0.15) is 46.6 Å². The molecule has 0 unspecified atom stereocenters.